The highest BCUT2D eigenvalue weighted by molar-refractivity contribution is 5.85. The van der Waals surface area contributed by atoms with E-state index in [-0.39, 0.29) is 11.9 Å². The molecule has 1 aromatic carbocycles. The van der Waals surface area contributed by atoms with Crippen molar-refractivity contribution < 1.29 is 14.3 Å². The number of rotatable bonds is 5. The second kappa shape index (κ2) is 9.03. The second-order valence-corrected chi connectivity index (χ2v) is 7.86. The van der Waals surface area contributed by atoms with Gasteiger partial charge in [-0.15, -0.1) is 0 Å². The highest BCUT2D eigenvalue weighted by Crippen LogP contribution is 2.13. The molecule has 0 spiro atoms. The number of piperidine rings is 1. The smallest absolute Gasteiger partial charge is 0.408 e. The summed E-state index contributed by atoms with van der Waals surface area (Å²) in [6, 6.07) is 9.90. The first kappa shape index (κ1) is 20.2. The van der Waals surface area contributed by atoms with Crippen LogP contribution in [0.4, 0.5) is 4.79 Å². The average Bonchev–Trinajstić information content (AvgIpc) is 2.58. The molecular formula is C20H31N3O3. The summed E-state index contributed by atoms with van der Waals surface area (Å²) in [6.45, 7) is 9.27. The van der Waals surface area contributed by atoms with E-state index in [2.05, 4.69) is 22.8 Å². The Morgan fingerprint density at radius 3 is 2.62 bits per heavy atom. The fourth-order valence-electron chi connectivity index (χ4n) is 3.02. The molecule has 1 saturated heterocycles. The van der Waals surface area contributed by atoms with E-state index in [4.69, 9.17) is 4.74 Å². The maximum absolute atomic E-state index is 12.6. The number of amides is 2. The maximum Gasteiger partial charge on any atom is 0.408 e. The van der Waals surface area contributed by atoms with Gasteiger partial charge in [-0.2, -0.15) is 0 Å². The van der Waals surface area contributed by atoms with Crippen LogP contribution in [0.2, 0.25) is 0 Å². The molecule has 2 amide bonds. The second-order valence-electron chi connectivity index (χ2n) is 7.86. The first-order valence-electron chi connectivity index (χ1n) is 9.30. The van der Waals surface area contributed by atoms with E-state index >= 15 is 0 Å². The molecule has 0 aliphatic carbocycles. The van der Waals surface area contributed by atoms with Crippen molar-refractivity contribution in [2.24, 2.45) is 0 Å². The third kappa shape index (κ3) is 6.67. The molecule has 1 heterocycles. The summed E-state index contributed by atoms with van der Waals surface area (Å²) in [5.74, 6) is -0.0675. The van der Waals surface area contributed by atoms with E-state index in [1.165, 1.54) is 5.56 Å². The maximum atomic E-state index is 12.6. The van der Waals surface area contributed by atoms with Gasteiger partial charge in [-0.3, -0.25) is 4.79 Å². The van der Waals surface area contributed by atoms with Gasteiger partial charge < -0.3 is 20.3 Å². The predicted molar refractivity (Wildman–Crippen MR) is 102 cm³/mol. The number of benzene rings is 1. The first-order valence-corrected chi connectivity index (χ1v) is 9.30. The Balaban J connectivity index is 1.81. The highest BCUT2D eigenvalue weighted by atomic mass is 16.6. The van der Waals surface area contributed by atoms with Crippen LogP contribution in [0.25, 0.3) is 0 Å². The number of nitrogens with one attached hydrogen (secondary N) is 2. The van der Waals surface area contributed by atoms with Gasteiger partial charge in [0.25, 0.3) is 0 Å². The lowest BCUT2D eigenvalue weighted by atomic mass is 10.0. The van der Waals surface area contributed by atoms with Crippen molar-refractivity contribution in [2.45, 2.75) is 64.8 Å². The summed E-state index contributed by atoms with van der Waals surface area (Å²) in [5, 5.41) is 6.16. The van der Waals surface area contributed by atoms with Crippen LogP contribution in [0.5, 0.6) is 0 Å². The van der Waals surface area contributed by atoms with E-state index < -0.39 is 17.7 Å². The zero-order valence-electron chi connectivity index (χ0n) is 16.2. The zero-order valence-corrected chi connectivity index (χ0v) is 16.2. The third-order valence-electron chi connectivity index (χ3n) is 4.27. The van der Waals surface area contributed by atoms with Gasteiger partial charge in [0.15, 0.2) is 0 Å². The normalized spacial score (nSPS) is 18.9. The lowest BCUT2D eigenvalue weighted by Gasteiger charge is -2.35. The number of likely N-dealkylation sites (tertiary alicyclic amines) is 1. The topological polar surface area (TPSA) is 70.7 Å². The Morgan fingerprint density at radius 1 is 1.27 bits per heavy atom. The summed E-state index contributed by atoms with van der Waals surface area (Å²) in [7, 11) is 0. The molecule has 0 saturated carbocycles. The number of hydrogen-bond acceptors (Lipinski definition) is 4. The van der Waals surface area contributed by atoms with E-state index in [9.17, 15) is 9.59 Å². The van der Waals surface area contributed by atoms with Gasteiger partial charge in [0.05, 0.1) is 0 Å². The van der Waals surface area contributed by atoms with Crippen LogP contribution >= 0.6 is 0 Å². The fraction of sp³-hybridized carbons (Fsp3) is 0.600. The van der Waals surface area contributed by atoms with E-state index in [0.29, 0.717) is 6.54 Å². The van der Waals surface area contributed by atoms with Crippen molar-refractivity contribution in [1.29, 1.82) is 0 Å². The van der Waals surface area contributed by atoms with Crippen molar-refractivity contribution in [2.75, 3.05) is 13.1 Å². The number of carbonyl (C=O) groups excluding carboxylic acids is 2. The van der Waals surface area contributed by atoms with E-state index in [0.717, 1.165) is 25.9 Å². The van der Waals surface area contributed by atoms with Gasteiger partial charge in [0.2, 0.25) is 5.91 Å². The molecule has 1 fully saturated rings. The minimum atomic E-state index is -0.599. The minimum Gasteiger partial charge on any atom is -0.444 e. The molecule has 1 aliphatic rings. The Bertz CT molecular complexity index is 598. The molecule has 2 atom stereocenters. The lowest BCUT2D eigenvalue weighted by molar-refractivity contribution is -0.134. The third-order valence-corrected chi connectivity index (χ3v) is 4.27. The number of hydrogen-bond donors (Lipinski definition) is 2. The number of carbonyl (C=O) groups is 2. The van der Waals surface area contributed by atoms with Crippen LogP contribution in [0, 0.1) is 0 Å². The molecule has 0 bridgehead atoms. The fourth-order valence-corrected chi connectivity index (χ4v) is 3.02. The van der Waals surface area contributed by atoms with E-state index in [1.807, 2.05) is 23.1 Å². The molecule has 2 rings (SSSR count). The lowest BCUT2D eigenvalue weighted by Crippen LogP contribution is -2.53. The number of nitrogens with zero attached hydrogens (tertiary/aromatic N) is 1. The average molecular weight is 361 g/mol. The summed E-state index contributed by atoms with van der Waals surface area (Å²) in [4.78, 5) is 26.3. The van der Waals surface area contributed by atoms with Crippen LogP contribution in [0.1, 0.15) is 46.1 Å². The number of ether oxygens (including phenoxy) is 1. The van der Waals surface area contributed by atoms with Crippen LogP contribution in [-0.4, -0.2) is 47.7 Å². The van der Waals surface area contributed by atoms with Crippen LogP contribution in [-0.2, 0) is 16.1 Å². The molecule has 6 nitrogen and oxygen atoms in total. The molecule has 26 heavy (non-hydrogen) atoms. The summed E-state index contributed by atoms with van der Waals surface area (Å²) >= 11 is 0. The van der Waals surface area contributed by atoms with Crippen LogP contribution < -0.4 is 10.6 Å². The largest absolute Gasteiger partial charge is 0.444 e. The van der Waals surface area contributed by atoms with Crippen molar-refractivity contribution in [3.63, 3.8) is 0 Å². The zero-order chi connectivity index (χ0) is 19.2. The molecular weight excluding hydrogens is 330 g/mol. The molecule has 0 radical (unpaired) electrons. The van der Waals surface area contributed by atoms with Crippen molar-refractivity contribution >= 4 is 12.0 Å². The van der Waals surface area contributed by atoms with Gasteiger partial charge in [-0.05, 0) is 46.1 Å². The Hall–Kier alpha value is -2.08. The Kier molecular flexibility index (Phi) is 7.03. The van der Waals surface area contributed by atoms with Gasteiger partial charge in [0.1, 0.15) is 11.6 Å². The molecule has 1 unspecified atom stereocenters. The molecule has 2 N–H and O–H groups in total. The van der Waals surface area contributed by atoms with Crippen molar-refractivity contribution in [3.05, 3.63) is 35.9 Å². The predicted octanol–water partition coefficient (Wildman–Crippen LogP) is 2.68. The van der Waals surface area contributed by atoms with Crippen molar-refractivity contribution in [3.8, 4) is 0 Å². The van der Waals surface area contributed by atoms with Crippen LogP contribution in [0.3, 0.4) is 0 Å². The standard InChI is InChI=1S/C20H31N3O3/c1-15(22-19(25)26-20(2,3)4)18(24)23-12-8-11-17(14-23)21-13-16-9-6-5-7-10-16/h5-7,9-10,15,17,21H,8,11-14H2,1-4H3,(H,22,25)/t15-,17?/m1/s1. The first-order chi connectivity index (χ1) is 12.2. The highest BCUT2D eigenvalue weighted by Gasteiger charge is 2.28. The van der Waals surface area contributed by atoms with Gasteiger partial charge in [-0.25, -0.2) is 4.79 Å². The Morgan fingerprint density at radius 2 is 1.96 bits per heavy atom. The minimum absolute atomic E-state index is 0.0675. The Labute approximate surface area is 156 Å². The van der Waals surface area contributed by atoms with Crippen molar-refractivity contribution in [1.82, 2.24) is 15.5 Å². The molecule has 6 heteroatoms. The van der Waals surface area contributed by atoms with Gasteiger partial charge >= 0.3 is 6.09 Å². The molecule has 0 aromatic heterocycles. The summed E-state index contributed by atoms with van der Waals surface area (Å²) in [5.41, 5.74) is 0.653. The molecule has 1 aliphatic heterocycles. The summed E-state index contributed by atoms with van der Waals surface area (Å²) < 4.78 is 5.22. The van der Waals surface area contributed by atoms with Gasteiger partial charge in [0, 0.05) is 25.7 Å². The summed E-state index contributed by atoms with van der Waals surface area (Å²) in [6.07, 6.45) is 1.44. The number of alkyl carbamates (subject to hydrolysis) is 1. The van der Waals surface area contributed by atoms with E-state index in [1.54, 1.807) is 27.7 Å². The quantitative estimate of drug-likeness (QED) is 0.846. The monoisotopic (exact) mass is 361 g/mol. The SMILES string of the molecule is C[C@@H](NC(=O)OC(C)(C)C)C(=O)N1CCCC(NCc2ccccc2)C1. The molecule has 1 aromatic rings. The van der Waals surface area contributed by atoms with Crippen LogP contribution in [0.15, 0.2) is 30.3 Å². The molecule has 144 valence electrons. The van der Waals surface area contributed by atoms with Gasteiger partial charge in [-0.1, -0.05) is 30.3 Å².